The summed E-state index contributed by atoms with van der Waals surface area (Å²) in [4.78, 5) is 22.7. The van der Waals surface area contributed by atoms with Gasteiger partial charge in [-0.2, -0.15) is 0 Å². The fraction of sp³-hybridized carbons (Fsp3) is 0.357. The summed E-state index contributed by atoms with van der Waals surface area (Å²) in [6.45, 7) is 1.81. The Morgan fingerprint density at radius 3 is 2.67 bits per heavy atom. The van der Waals surface area contributed by atoms with Gasteiger partial charge in [-0.3, -0.25) is 4.79 Å². The van der Waals surface area contributed by atoms with E-state index in [0.29, 0.717) is 11.3 Å². The highest BCUT2D eigenvalue weighted by Crippen LogP contribution is 2.14. The minimum atomic E-state index is -0.224. The van der Waals surface area contributed by atoms with Crippen molar-refractivity contribution in [2.24, 2.45) is 0 Å². The zero-order valence-electron chi connectivity index (χ0n) is 10.2. The van der Waals surface area contributed by atoms with E-state index in [1.807, 2.05) is 24.3 Å². The molecule has 1 aromatic carbocycles. The fourth-order valence-electron chi connectivity index (χ4n) is 2.37. The summed E-state index contributed by atoms with van der Waals surface area (Å²) in [5.74, 6) is 0.492. The Balaban J connectivity index is 2.12. The summed E-state index contributed by atoms with van der Waals surface area (Å²) >= 11 is 0. The number of para-hydroxylation sites is 1. The van der Waals surface area contributed by atoms with Gasteiger partial charge in [0.25, 0.3) is 0 Å². The highest BCUT2D eigenvalue weighted by molar-refractivity contribution is 5.77. The second kappa shape index (κ2) is 4.72. The SMILES string of the molecule is O=c1nc2ccccc2cnc1N1CCCCC1. The molecule has 3 rings (SSSR count). The van der Waals surface area contributed by atoms with Crippen molar-refractivity contribution < 1.29 is 0 Å². The lowest BCUT2D eigenvalue weighted by Crippen LogP contribution is -2.34. The van der Waals surface area contributed by atoms with Crippen LogP contribution in [0.15, 0.2) is 35.3 Å². The van der Waals surface area contributed by atoms with E-state index in [0.717, 1.165) is 31.3 Å². The van der Waals surface area contributed by atoms with Crippen LogP contribution in [0.5, 0.6) is 0 Å². The van der Waals surface area contributed by atoms with Gasteiger partial charge in [0.15, 0.2) is 5.82 Å². The first-order chi connectivity index (χ1) is 8.84. The van der Waals surface area contributed by atoms with Gasteiger partial charge in [0.05, 0.1) is 5.52 Å². The lowest BCUT2D eigenvalue weighted by molar-refractivity contribution is 0.572. The second-order valence-electron chi connectivity index (χ2n) is 4.61. The van der Waals surface area contributed by atoms with Crippen LogP contribution in [-0.2, 0) is 0 Å². The van der Waals surface area contributed by atoms with Gasteiger partial charge in [-0.25, -0.2) is 9.97 Å². The third-order valence-electron chi connectivity index (χ3n) is 3.33. The standard InChI is InChI=1S/C14H15N3O/c18-14-13(17-8-4-1-5-9-17)15-10-11-6-2-3-7-12(11)16-14/h2-3,6-7,10H,1,4-5,8-9H2. The number of hydrogen-bond acceptors (Lipinski definition) is 4. The molecule has 1 aliphatic rings. The Hall–Kier alpha value is -1.97. The number of anilines is 1. The minimum absolute atomic E-state index is 0.224. The Morgan fingerprint density at radius 2 is 1.83 bits per heavy atom. The molecule has 1 fully saturated rings. The molecule has 0 atom stereocenters. The summed E-state index contributed by atoms with van der Waals surface area (Å²) in [6.07, 6.45) is 5.23. The van der Waals surface area contributed by atoms with Gasteiger partial charge in [0, 0.05) is 24.7 Å². The second-order valence-corrected chi connectivity index (χ2v) is 4.61. The zero-order chi connectivity index (χ0) is 12.4. The maximum atomic E-state index is 12.1. The molecular formula is C14H15N3O. The van der Waals surface area contributed by atoms with Crippen molar-refractivity contribution in [1.82, 2.24) is 9.97 Å². The van der Waals surface area contributed by atoms with Gasteiger partial charge in [0.2, 0.25) is 0 Å². The number of benzene rings is 1. The molecule has 92 valence electrons. The average molecular weight is 241 g/mol. The van der Waals surface area contributed by atoms with Crippen LogP contribution in [0.3, 0.4) is 0 Å². The summed E-state index contributed by atoms with van der Waals surface area (Å²) in [6, 6.07) is 7.58. The molecule has 0 bridgehead atoms. The van der Waals surface area contributed by atoms with Crippen molar-refractivity contribution in [2.75, 3.05) is 18.0 Å². The van der Waals surface area contributed by atoms with E-state index in [1.165, 1.54) is 6.42 Å². The van der Waals surface area contributed by atoms with Crippen molar-refractivity contribution in [3.8, 4) is 0 Å². The van der Waals surface area contributed by atoms with E-state index in [2.05, 4.69) is 14.9 Å². The van der Waals surface area contributed by atoms with Crippen LogP contribution in [0.2, 0.25) is 0 Å². The van der Waals surface area contributed by atoms with Gasteiger partial charge in [-0.1, -0.05) is 18.2 Å². The molecule has 0 unspecified atom stereocenters. The van der Waals surface area contributed by atoms with Gasteiger partial charge in [-0.05, 0) is 25.3 Å². The van der Waals surface area contributed by atoms with E-state index >= 15 is 0 Å². The predicted octanol–water partition coefficient (Wildman–Crippen LogP) is 1.98. The molecular weight excluding hydrogens is 226 g/mol. The molecule has 0 spiro atoms. The molecule has 0 amide bonds. The van der Waals surface area contributed by atoms with Crippen molar-refractivity contribution in [2.45, 2.75) is 19.3 Å². The van der Waals surface area contributed by atoms with E-state index in [9.17, 15) is 4.79 Å². The molecule has 4 heteroatoms. The number of aromatic nitrogens is 2. The van der Waals surface area contributed by atoms with Gasteiger partial charge < -0.3 is 4.90 Å². The Labute approximate surface area is 105 Å². The summed E-state index contributed by atoms with van der Waals surface area (Å²) in [5.41, 5.74) is 0.483. The van der Waals surface area contributed by atoms with Crippen molar-refractivity contribution >= 4 is 16.7 Å². The normalized spacial score (nSPS) is 15.9. The van der Waals surface area contributed by atoms with Crippen LogP contribution in [0.4, 0.5) is 5.82 Å². The molecule has 18 heavy (non-hydrogen) atoms. The number of rotatable bonds is 1. The van der Waals surface area contributed by atoms with Crippen molar-refractivity contribution in [1.29, 1.82) is 0 Å². The van der Waals surface area contributed by atoms with Gasteiger partial charge >= 0.3 is 5.56 Å². The number of hydrogen-bond donors (Lipinski definition) is 0. The van der Waals surface area contributed by atoms with Crippen LogP contribution in [0.1, 0.15) is 19.3 Å². The van der Waals surface area contributed by atoms with Crippen LogP contribution in [0.25, 0.3) is 10.9 Å². The Morgan fingerprint density at radius 1 is 1.06 bits per heavy atom. The predicted molar refractivity (Wildman–Crippen MR) is 71.9 cm³/mol. The van der Waals surface area contributed by atoms with Crippen molar-refractivity contribution in [3.05, 3.63) is 40.8 Å². The maximum Gasteiger partial charge on any atom is 0.313 e. The number of fused-ring (bicyclic) bond motifs is 1. The van der Waals surface area contributed by atoms with E-state index < -0.39 is 0 Å². The molecule has 0 aliphatic carbocycles. The summed E-state index contributed by atoms with van der Waals surface area (Å²) < 4.78 is 0. The molecule has 1 aliphatic heterocycles. The number of nitrogens with zero attached hydrogens (tertiary/aromatic N) is 3. The fourth-order valence-corrected chi connectivity index (χ4v) is 2.37. The highest BCUT2D eigenvalue weighted by atomic mass is 16.1. The third kappa shape index (κ3) is 2.06. The lowest BCUT2D eigenvalue weighted by atomic mass is 10.1. The lowest BCUT2D eigenvalue weighted by Gasteiger charge is -2.25. The summed E-state index contributed by atoms with van der Waals surface area (Å²) in [7, 11) is 0. The smallest absolute Gasteiger partial charge is 0.313 e. The van der Waals surface area contributed by atoms with Gasteiger partial charge in [-0.15, -0.1) is 0 Å². The maximum absolute atomic E-state index is 12.1. The van der Waals surface area contributed by atoms with E-state index in [1.54, 1.807) is 6.20 Å². The average Bonchev–Trinajstić information content (AvgIpc) is 2.58. The Bertz CT molecular complexity index is 621. The highest BCUT2D eigenvalue weighted by Gasteiger charge is 2.15. The summed E-state index contributed by atoms with van der Waals surface area (Å²) in [5, 5.41) is 0.901. The van der Waals surface area contributed by atoms with Crippen molar-refractivity contribution in [3.63, 3.8) is 0 Å². The molecule has 0 N–H and O–H groups in total. The molecule has 1 aromatic heterocycles. The number of piperidine rings is 1. The Kier molecular flexibility index (Phi) is 2.92. The van der Waals surface area contributed by atoms with Gasteiger partial charge in [0.1, 0.15) is 0 Å². The minimum Gasteiger partial charge on any atom is -0.352 e. The quantitative estimate of drug-likeness (QED) is 0.766. The van der Waals surface area contributed by atoms with E-state index in [-0.39, 0.29) is 5.56 Å². The van der Waals surface area contributed by atoms with Crippen LogP contribution in [-0.4, -0.2) is 23.1 Å². The zero-order valence-corrected chi connectivity index (χ0v) is 10.2. The topological polar surface area (TPSA) is 46.1 Å². The molecule has 0 saturated carbocycles. The molecule has 4 nitrogen and oxygen atoms in total. The van der Waals surface area contributed by atoms with Crippen LogP contribution in [0, 0.1) is 0 Å². The monoisotopic (exact) mass is 241 g/mol. The molecule has 1 saturated heterocycles. The first-order valence-corrected chi connectivity index (χ1v) is 6.36. The molecule has 2 heterocycles. The first-order valence-electron chi connectivity index (χ1n) is 6.36. The first kappa shape index (κ1) is 11.1. The van der Waals surface area contributed by atoms with Crippen LogP contribution >= 0.6 is 0 Å². The third-order valence-corrected chi connectivity index (χ3v) is 3.33. The molecule has 0 radical (unpaired) electrons. The largest absolute Gasteiger partial charge is 0.352 e. The van der Waals surface area contributed by atoms with E-state index in [4.69, 9.17) is 0 Å². The molecule has 2 aromatic rings. The van der Waals surface area contributed by atoms with Crippen LogP contribution < -0.4 is 10.5 Å².